The molecule has 2 fully saturated rings. The van der Waals surface area contributed by atoms with Gasteiger partial charge in [0.2, 0.25) is 0 Å². The van der Waals surface area contributed by atoms with E-state index in [2.05, 4.69) is 29.8 Å². The second-order valence-corrected chi connectivity index (χ2v) is 12.6. The Morgan fingerprint density at radius 1 is 1.15 bits per heavy atom. The maximum absolute atomic E-state index is 14.1. The van der Waals surface area contributed by atoms with Crippen LogP contribution in [-0.4, -0.2) is 95.3 Å². The van der Waals surface area contributed by atoms with E-state index in [1.807, 2.05) is 23.8 Å². The molecule has 2 aliphatic rings. The normalized spacial score (nSPS) is 18.0. The molecule has 4 aromatic rings. The second-order valence-electron chi connectivity index (χ2n) is 12.6. The van der Waals surface area contributed by atoms with Crippen LogP contribution < -0.4 is 44.5 Å². The third kappa shape index (κ3) is 7.44. The van der Waals surface area contributed by atoms with Gasteiger partial charge in [-0.1, -0.05) is 6.42 Å². The number of pyridine rings is 1. The van der Waals surface area contributed by atoms with Crippen LogP contribution in [0, 0.1) is 11.2 Å². The number of halogens is 4. The molecule has 1 atom stereocenters. The maximum Gasteiger partial charge on any atom is 1.00 e. The largest absolute Gasteiger partial charge is 1.00 e. The van der Waals surface area contributed by atoms with Gasteiger partial charge in [0.15, 0.2) is 11.5 Å². The van der Waals surface area contributed by atoms with Crippen molar-refractivity contribution in [3.63, 3.8) is 0 Å². The Kier molecular flexibility index (Phi) is 10.7. The molecule has 16 heteroatoms. The average Bonchev–Trinajstić information content (AvgIpc) is 3.43. The van der Waals surface area contributed by atoms with Crippen LogP contribution in [0.2, 0.25) is 0 Å². The molecule has 4 heterocycles. The van der Waals surface area contributed by atoms with Gasteiger partial charge in [0, 0.05) is 63.9 Å². The molecule has 1 N–H and O–H groups in total. The number of carboxylic acids is 1. The zero-order valence-electron chi connectivity index (χ0n) is 27.3. The molecule has 3 aromatic heterocycles. The van der Waals surface area contributed by atoms with Gasteiger partial charge in [0.05, 0.1) is 41.9 Å². The number of benzene rings is 1. The minimum Gasteiger partial charge on any atom is -0.549 e. The van der Waals surface area contributed by atoms with Crippen molar-refractivity contribution in [3.8, 4) is 22.8 Å². The number of nitrogens with one attached hydrogen (secondary N) is 1. The number of ether oxygens (including phenoxy) is 1. The fourth-order valence-corrected chi connectivity index (χ4v) is 6.65. The summed E-state index contributed by atoms with van der Waals surface area (Å²) in [4.78, 5) is 38.7. The SMILES string of the molecule is COCC1(CN(C)c2cc(-c3ccc(F)c(C(F)(F)F)c3)nc3nc(-c4cnc(N5CCN(CC(=O)[O-])C[C@H]5C)cn4)[nH]c23)CCC1.[Na+]. The predicted molar refractivity (Wildman–Crippen MR) is 165 cm³/mol. The van der Waals surface area contributed by atoms with Crippen LogP contribution in [0.1, 0.15) is 31.7 Å². The van der Waals surface area contributed by atoms with Gasteiger partial charge in [-0.15, -0.1) is 0 Å². The molecule has 0 amide bonds. The summed E-state index contributed by atoms with van der Waals surface area (Å²) >= 11 is 0. The van der Waals surface area contributed by atoms with Gasteiger partial charge in [-0.25, -0.2) is 24.3 Å². The number of rotatable bonds is 10. The second kappa shape index (κ2) is 14.2. The third-order valence-corrected chi connectivity index (χ3v) is 9.10. The number of aromatic nitrogens is 5. The topological polar surface area (TPSA) is 126 Å². The van der Waals surface area contributed by atoms with E-state index in [9.17, 15) is 27.5 Å². The van der Waals surface area contributed by atoms with Gasteiger partial charge in [-0.3, -0.25) is 4.90 Å². The van der Waals surface area contributed by atoms with E-state index < -0.39 is 23.5 Å². The van der Waals surface area contributed by atoms with Gasteiger partial charge in [0.25, 0.3) is 0 Å². The van der Waals surface area contributed by atoms with Crippen LogP contribution in [0.15, 0.2) is 36.7 Å². The predicted octanol–water partition coefficient (Wildman–Crippen LogP) is 0.757. The molecule has 48 heavy (non-hydrogen) atoms. The zero-order chi connectivity index (χ0) is 33.5. The van der Waals surface area contributed by atoms with Crippen molar-refractivity contribution in [2.75, 3.05) is 63.3 Å². The average molecular weight is 679 g/mol. The Morgan fingerprint density at radius 2 is 1.92 bits per heavy atom. The number of hydrogen-bond acceptors (Lipinski definition) is 10. The van der Waals surface area contributed by atoms with E-state index in [1.54, 1.807) is 25.6 Å². The summed E-state index contributed by atoms with van der Waals surface area (Å²) in [6.45, 7) is 4.71. The first kappa shape index (κ1) is 35.9. The standard InChI is InChI=1S/C32H36F4N8O3.Na/c1-19-15-43(16-27(45)46)9-10-44(19)26-14-37-24(13-38-26)29-40-28-25(42(2)17-31(18-47-3)7-4-8-31)12-23(39-30(28)41-29)20-5-6-22(33)21(11-20)32(34,35)36;/h5-6,11-14,19H,4,7-10,15-18H2,1-3H3,(H,45,46)(H,39,40,41);/q;+1/p-1/t19-;/m1./s1. The number of aliphatic carboxylic acids is 1. The van der Waals surface area contributed by atoms with Crippen molar-refractivity contribution in [2.24, 2.45) is 5.41 Å². The van der Waals surface area contributed by atoms with E-state index in [-0.39, 0.29) is 64.5 Å². The first-order valence-corrected chi connectivity index (χ1v) is 15.3. The van der Waals surface area contributed by atoms with Crippen molar-refractivity contribution in [3.05, 3.63) is 48.0 Å². The summed E-state index contributed by atoms with van der Waals surface area (Å²) < 4.78 is 60.4. The van der Waals surface area contributed by atoms with Crippen LogP contribution in [0.25, 0.3) is 33.9 Å². The Bertz CT molecular complexity index is 1770. The number of fused-ring (bicyclic) bond motifs is 1. The molecular formula is C32H35F4N8NaO3. The summed E-state index contributed by atoms with van der Waals surface area (Å²) in [6, 6.07) is 4.53. The van der Waals surface area contributed by atoms with E-state index in [1.165, 1.54) is 6.07 Å². The molecule has 6 rings (SSSR count). The molecule has 0 unspecified atom stereocenters. The Morgan fingerprint density at radius 3 is 2.52 bits per heavy atom. The van der Waals surface area contributed by atoms with Crippen LogP contribution in [0.5, 0.6) is 0 Å². The Labute approximate surface area is 297 Å². The summed E-state index contributed by atoms with van der Waals surface area (Å²) in [7, 11) is 3.57. The summed E-state index contributed by atoms with van der Waals surface area (Å²) in [6.07, 6.45) is 1.39. The van der Waals surface area contributed by atoms with Crippen LogP contribution in [-0.2, 0) is 15.7 Å². The van der Waals surface area contributed by atoms with Crippen molar-refractivity contribution in [1.29, 1.82) is 0 Å². The number of aromatic amines is 1. The number of H-pyrrole nitrogens is 1. The fourth-order valence-electron chi connectivity index (χ4n) is 6.65. The molecule has 0 radical (unpaired) electrons. The molecule has 1 saturated heterocycles. The number of hydrogen-bond donors (Lipinski definition) is 1. The van der Waals surface area contributed by atoms with Crippen LogP contribution in [0.3, 0.4) is 0 Å². The van der Waals surface area contributed by atoms with Crippen molar-refractivity contribution in [2.45, 2.75) is 38.4 Å². The number of alkyl halides is 3. The Balaban J connectivity index is 0.00000451. The number of carbonyl (C=O) groups excluding carboxylic acids is 1. The fraction of sp³-hybridized carbons (Fsp3) is 0.469. The third-order valence-electron chi connectivity index (χ3n) is 9.10. The van der Waals surface area contributed by atoms with Gasteiger partial charge in [0.1, 0.15) is 22.8 Å². The van der Waals surface area contributed by atoms with Gasteiger partial charge < -0.3 is 29.4 Å². The first-order valence-electron chi connectivity index (χ1n) is 15.3. The molecule has 11 nitrogen and oxygen atoms in total. The van der Waals surface area contributed by atoms with E-state index in [4.69, 9.17) is 4.74 Å². The van der Waals surface area contributed by atoms with Crippen molar-refractivity contribution in [1.82, 2.24) is 29.8 Å². The van der Waals surface area contributed by atoms with Gasteiger partial charge >= 0.3 is 35.7 Å². The monoisotopic (exact) mass is 678 g/mol. The minimum atomic E-state index is -4.87. The maximum atomic E-state index is 14.1. The quantitative estimate of drug-likeness (QED) is 0.190. The summed E-state index contributed by atoms with van der Waals surface area (Å²) in [5.41, 5.74) is 0.815. The number of carboxylic acid groups (broad SMARTS) is 1. The van der Waals surface area contributed by atoms with Gasteiger partial charge in [-0.2, -0.15) is 13.2 Å². The van der Waals surface area contributed by atoms with Crippen LogP contribution in [0.4, 0.5) is 29.1 Å². The number of methoxy groups -OCH3 is 1. The van der Waals surface area contributed by atoms with Crippen molar-refractivity contribution < 1.29 is 61.8 Å². The van der Waals surface area contributed by atoms with Crippen LogP contribution >= 0.6 is 0 Å². The molecule has 1 aromatic carbocycles. The molecular weight excluding hydrogens is 643 g/mol. The van der Waals surface area contributed by atoms with E-state index in [0.29, 0.717) is 61.3 Å². The summed E-state index contributed by atoms with van der Waals surface area (Å²) in [5, 5.41) is 11.0. The number of anilines is 2. The summed E-state index contributed by atoms with van der Waals surface area (Å²) in [5.74, 6) is -1.47. The molecule has 1 aliphatic carbocycles. The molecule has 1 saturated carbocycles. The molecule has 0 bridgehead atoms. The number of imidazole rings is 1. The first-order chi connectivity index (χ1) is 22.4. The van der Waals surface area contributed by atoms with E-state index >= 15 is 0 Å². The number of piperazine rings is 1. The molecule has 1 aliphatic heterocycles. The smallest absolute Gasteiger partial charge is 0.549 e. The number of nitrogens with zero attached hydrogens (tertiary/aromatic N) is 7. The zero-order valence-corrected chi connectivity index (χ0v) is 29.3. The van der Waals surface area contributed by atoms with Gasteiger partial charge in [-0.05, 0) is 44.0 Å². The number of carbonyl (C=O) groups is 1. The minimum absolute atomic E-state index is 0. The Hall–Kier alpha value is -3.37. The van der Waals surface area contributed by atoms with Crippen molar-refractivity contribution >= 4 is 28.6 Å². The molecule has 0 spiro atoms. The molecule has 250 valence electrons. The van der Waals surface area contributed by atoms with E-state index in [0.717, 1.165) is 31.4 Å².